The zero-order valence-electron chi connectivity index (χ0n) is 10.9. The van der Waals surface area contributed by atoms with Gasteiger partial charge in [-0.05, 0) is 25.3 Å². The molecule has 0 aromatic carbocycles. The molecule has 1 unspecified atom stereocenters. The number of carboxylic acids is 1. The Labute approximate surface area is 107 Å². The van der Waals surface area contributed by atoms with Crippen molar-refractivity contribution in [1.82, 2.24) is 9.88 Å². The predicted molar refractivity (Wildman–Crippen MR) is 67.7 cm³/mol. The number of rotatable bonds is 5. The predicted octanol–water partition coefficient (Wildman–Crippen LogP) is 1.16. The molecule has 1 aliphatic rings. The van der Waals surface area contributed by atoms with E-state index in [-0.39, 0.29) is 0 Å². The summed E-state index contributed by atoms with van der Waals surface area (Å²) in [6.07, 6.45) is 1.11. The molecule has 0 amide bonds. The number of aromatic nitrogens is 1. The van der Waals surface area contributed by atoms with Crippen LogP contribution in [0, 0.1) is 12.8 Å². The third-order valence-electron chi connectivity index (χ3n) is 3.63. The monoisotopic (exact) mass is 252 g/mol. The van der Waals surface area contributed by atoms with Crippen LogP contribution < -0.4 is 5.32 Å². The van der Waals surface area contributed by atoms with Gasteiger partial charge in [-0.1, -0.05) is 0 Å². The normalized spacial score (nSPS) is 19.3. The highest BCUT2D eigenvalue weighted by molar-refractivity contribution is 5.89. The Morgan fingerprint density at radius 1 is 1.67 bits per heavy atom. The molecule has 0 saturated carbocycles. The molecule has 1 aromatic rings. The van der Waals surface area contributed by atoms with Gasteiger partial charge in [0.25, 0.3) is 0 Å². The summed E-state index contributed by atoms with van der Waals surface area (Å²) in [5.74, 6) is -0.274. The lowest BCUT2D eigenvalue weighted by Crippen LogP contribution is -2.23. The minimum Gasteiger partial charge on any atom is -0.478 e. The summed E-state index contributed by atoms with van der Waals surface area (Å²) in [5.41, 5.74) is 2.19. The van der Waals surface area contributed by atoms with Crippen LogP contribution in [0.3, 0.4) is 0 Å². The van der Waals surface area contributed by atoms with Crippen LogP contribution in [0.15, 0.2) is 6.07 Å². The summed E-state index contributed by atoms with van der Waals surface area (Å²) in [6.45, 7) is 5.14. The van der Waals surface area contributed by atoms with E-state index in [2.05, 4.69) is 5.32 Å². The lowest BCUT2D eigenvalue weighted by Gasteiger charge is -2.10. The Kier molecular flexibility index (Phi) is 4.04. The highest BCUT2D eigenvalue weighted by Crippen LogP contribution is 2.15. The van der Waals surface area contributed by atoms with Crippen molar-refractivity contribution in [2.24, 2.45) is 13.0 Å². The number of nitrogens with zero attached hydrogens (tertiary/aromatic N) is 1. The zero-order chi connectivity index (χ0) is 13.1. The lowest BCUT2D eigenvalue weighted by atomic mass is 10.1. The van der Waals surface area contributed by atoms with Gasteiger partial charge >= 0.3 is 5.97 Å². The van der Waals surface area contributed by atoms with Crippen LogP contribution in [0.1, 0.15) is 28.2 Å². The Bertz CT molecular complexity index is 434. The Morgan fingerprint density at radius 3 is 3.00 bits per heavy atom. The number of carbonyl (C=O) groups is 1. The van der Waals surface area contributed by atoms with Crippen molar-refractivity contribution in [3.05, 3.63) is 23.0 Å². The maximum atomic E-state index is 11.0. The van der Waals surface area contributed by atoms with E-state index in [1.807, 2.05) is 18.5 Å². The zero-order valence-corrected chi connectivity index (χ0v) is 10.9. The van der Waals surface area contributed by atoms with E-state index in [0.29, 0.717) is 18.0 Å². The van der Waals surface area contributed by atoms with Gasteiger partial charge in [0.15, 0.2) is 0 Å². The summed E-state index contributed by atoms with van der Waals surface area (Å²) in [4.78, 5) is 11.0. The number of nitrogens with one attached hydrogen (secondary N) is 1. The molecule has 100 valence electrons. The molecule has 2 N–H and O–H groups in total. The van der Waals surface area contributed by atoms with Crippen LogP contribution in [-0.4, -0.2) is 35.4 Å². The first kappa shape index (κ1) is 13.1. The molecular weight excluding hydrogens is 232 g/mol. The highest BCUT2D eigenvalue weighted by atomic mass is 16.5. The van der Waals surface area contributed by atoms with Gasteiger partial charge in [0, 0.05) is 38.1 Å². The van der Waals surface area contributed by atoms with Crippen molar-refractivity contribution in [3.63, 3.8) is 0 Å². The molecule has 1 aliphatic heterocycles. The van der Waals surface area contributed by atoms with Crippen molar-refractivity contribution in [3.8, 4) is 0 Å². The van der Waals surface area contributed by atoms with E-state index < -0.39 is 5.97 Å². The first-order valence-corrected chi connectivity index (χ1v) is 6.26. The lowest BCUT2D eigenvalue weighted by molar-refractivity contribution is 0.0696. The molecule has 1 aromatic heterocycles. The van der Waals surface area contributed by atoms with E-state index in [9.17, 15) is 4.79 Å². The Hall–Kier alpha value is -1.33. The standard InChI is InChI=1S/C13H20N2O3/c1-9-12(13(16)17)5-11(15(9)2)7-14-6-10-3-4-18-8-10/h5,10,14H,3-4,6-8H2,1-2H3,(H,16,17). The van der Waals surface area contributed by atoms with Gasteiger partial charge < -0.3 is 19.7 Å². The van der Waals surface area contributed by atoms with Crippen molar-refractivity contribution in [1.29, 1.82) is 0 Å². The summed E-state index contributed by atoms with van der Waals surface area (Å²) in [5, 5.41) is 12.4. The molecule has 5 heteroatoms. The van der Waals surface area contributed by atoms with E-state index in [0.717, 1.165) is 37.6 Å². The fourth-order valence-corrected chi connectivity index (χ4v) is 2.30. The van der Waals surface area contributed by atoms with Crippen molar-refractivity contribution >= 4 is 5.97 Å². The smallest absolute Gasteiger partial charge is 0.337 e. The van der Waals surface area contributed by atoms with Crippen LogP contribution in [0.4, 0.5) is 0 Å². The van der Waals surface area contributed by atoms with Gasteiger partial charge in [-0.15, -0.1) is 0 Å². The second-order valence-corrected chi connectivity index (χ2v) is 4.86. The molecule has 1 fully saturated rings. The molecule has 18 heavy (non-hydrogen) atoms. The second kappa shape index (κ2) is 5.54. The van der Waals surface area contributed by atoms with E-state index in [4.69, 9.17) is 9.84 Å². The van der Waals surface area contributed by atoms with E-state index >= 15 is 0 Å². The second-order valence-electron chi connectivity index (χ2n) is 4.86. The quantitative estimate of drug-likeness (QED) is 0.825. The molecule has 2 heterocycles. The van der Waals surface area contributed by atoms with Crippen LogP contribution >= 0.6 is 0 Å². The average Bonchev–Trinajstić information content (AvgIpc) is 2.92. The van der Waals surface area contributed by atoms with Crippen LogP contribution in [-0.2, 0) is 18.3 Å². The van der Waals surface area contributed by atoms with Crippen molar-refractivity contribution in [2.45, 2.75) is 19.9 Å². The Morgan fingerprint density at radius 2 is 2.44 bits per heavy atom. The van der Waals surface area contributed by atoms with Gasteiger partial charge in [-0.2, -0.15) is 0 Å². The van der Waals surface area contributed by atoms with Crippen LogP contribution in [0.5, 0.6) is 0 Å². The van der Waals surface area contributed by atoms with Crippen molar-refractivity contribution in [2.75, 3.05) is 19.8 Å². The Balaban J connectivity index is 1.92. The molecule has 0 radical (unpaired) electrons. The largest absolute Gasteiger partial charge is 0.478 e. The third kappa shape index (κ3) is 2.73. The SMILES string of the molecule is Cc1c(C(=O)O)cc(CNCC2CCOC2)n1C. The molecule has 2 rings (SSSR count). The van der Waals surface area contributed by atoms with Crippen LogP contribution in [0.25, 0.3) is 0 Å². The number of ether oxygens (including phenoxy) is 1. The van der Waals surface area contributed by atoms with Gasteiger partial charge in [-0.25, -0.2) is 4.79 Å². The molecule has 1 saturated heterocycles. The van der Waals surface area contributed by atoms with Gasteiger partial charge in [0.1, 0.15) is 0 Å². The number of hydrogen-bond acceptors (Lipinski definition) is 3. The average molecular weight is 252 g/mol. The van der Waals surface area contributed by atoms with E-state index in [1.165, 1.54) is 0 Å². The maximum Gasteiger partial charge on any atom is 0.337 e. The third-order valence-corrected chi connectivity index (χ3v) is 3.63. The van der Waals surface area contributed by atoms with Gasteiger partial charge in [0.2, 0.25) is 0 Å². The first-order chi connectivity index (χ1) is 8.59. The number of aromatic carboxylic acids is 1. The topological polar surface area (TPSA) is 63.5 Å². The molecule has 1 atom stereocenters. The summed E-state index contributed by atoms with van der Waals surface area (Å²) in [6, 6.07) is 1.75. The number of hydrogen-bond donors (Lipinski definition) is 2. The summed E-state index contributed by atoms with van der Waals surface area (Å²) < 4.78 is 7.25. The number of carboxylic acid groups (broad SMARTS) is 1. The highest BCUT2D eigenvalue weighted by Gasteiger charge is 2.17. The van der Waals surface area contributed by atoms with Gasteiger partial charge in [0.05, 0.1) is 12.2 Å². The fourth-order valence-electron chi connectivity index (χ4n) is 2.30. The molecule has 0 bridgehead atoms. The maximum absolute atomic E-state index is 11.0. The molecule has 0 aliphatic carbocycles. The van der Waals surface area contributed by atoms with E-state index in [1.54, 1.807) is 6.07 Å². The van der Waals surface area contributed by atoms with Gasteiger partial charge in [-0.3, -0.25) is 0 Å². The minimum absolute atomic E-state index is 0.387. The molecule has 5 nitrogen and oxygen atoms in total. The molecular formula is C13H20N2O3. The minimum atomic E-state index is -0.862. The summed E-state index contributed by atoms with van der Waals surface area (Å²) >= 11 is 0. The first-order valence-electron chi connectivity index (χ1n) is 6.26. The van der Waals surface area contributed by atoms with Crippen molar-refractivity contribution < 1.29 is 14.6 Å². The van der Waals surface area contributed by atoms with Crippen LogP contribution in [0.2, 0.25) is 0 Å². The summed E-state index contributed by atoms with van der Waals surface area (Å²) in [7, 11) is 1.90. The molecule has 0 spiro atoms. The fraction of sp³-hybridized carbons (Fsp3) is 0.615.